The van der Waals surface area contributed by atoms with Crippen LogP contribution >= 0.6 is 0 Å². The third kappa shape index (κ3) is 4.94. The van der Waals surface area contributed by atoms with Crippen molar-refractivity contribution in [3.05, 3.63) is 48.5 Å². The number of rotatable bonds is 8. The summed E-state index contributed by atoms with van der Waals surface area (Å²) in [5.41, 5.74) is 0.785. The summed E-state index contributed by atoms with van der Waals surface area (Å²) in [6.45, 7) is 2.83. The summed E-state index contributed by atoms with van der Waals surface area (Å²) in [4.78, 5) is 26.1. The normalized spacial score (nSPS) is 16.0. The van der Waals surface area contributed by atoms with Crippen LogP contribution in [-0.4, -0.2) is 44.7 Å². The van der Waals surface area contributed by atoms with Crippen molar-refractivity contribution in [2.24, 2.45) is 0 Å². The van der Waals surface area contributed by atoms with Crippen LogP contribution in [0.2, 0.25) is 0 Å². The maximum atomic E-state index is 12.3. The molecule has 3 rings (SSSR count). The van der Waals surface area contributed by atoms with Gasteiger partial charge in [0.1, 0.15) is 17.2 Å². The number of ether oxygens (including phenoxy) is 3. The molecule has 7 heteroatoms. The fraction of sp³-hybridized carbons (Fsp3) is 0.333. The van der Waals surface area contributed by atoms with Crippen LogP contribution in [-0.2, 0) is 9.59 Å². The lowest BCUT2D eigenvalue weighted by Gasteiger charge is -2.17. The minimum absolute atomic E-state index is 0.0251. The van der Waals surface area contributed by atoms with Crippen molar-refractivity contribution in [3.8, 4) is 17.2 Å². The first kappa shape index (κ1) is 19.5. The number of benzene rings is 2. The Balaban J connectivity index is 1.48. The fourth-order valence-electron chi connectivity index (χ4n) is 3.03. The molecule has 2 aromatic carbocycles. The molecule has 0 unspecified atom stereocenters. The van der Waals surface area contributed by atoms with Crippen molar-refractivity contribution < 1.29 is 23.8 Å². The van der Waals surface area contributed by atoms with Gasteiger partial charge in [-0.3, -0.25) is 9.59 Å². The Kier molecular flexibility index (Phi) is 6.37. The van der Waals surface area contributed by atoms with E-state index in [9.17, 15) is 9.59 Å². The van der Waals surface area contributed by atoms with Gasteiger partial charge in [-0.05, 0) is 55.5 Å². The van der Waals surface area contributed by atoms with Crippen molar-refractivity contribution >= 4 is 17.5 Å². The van der Waals surface area contributed by atoms with Crippen LogP contribution in [0, 0.1) is 0 Å². The Morgan fingerprint density at radius 1 is 1.04 bits per heavy atom. The molecule has 0 saturated carbocycles. The predicted molar refractivity (Wildman–Crippen MR) is 105 cm³/mol. The van der Waals surface area contributed by atoms with Crippen LogP contribution in [0.1, 0.15) is 13.3 Å². The zero-order chi connectivity index (χ0) is 19.9. The largest absolute Gasteiger partial charge is 0.497 e. The first-order valence-electron chi connectivity index (χ1n) is 9.18. The van der Waals surface area contributed by atoms with Gasteiger partial charge in [0.15, 0.2) is 6.61 Å². The highest BCUT2D eigenvalue weighted by atomic mass is 16.5. The molecular weight excluding hydrogens is 360 g/mol. The van der Waals surface area contributed by atoms with E-state index in [1.807, 2.05) is 19.1 Å². The van der Waals surface area contributed by atoms with Crippen LogP contribution in [0.25, 0.3) is 0 Å². The van der Waals surface area contributed by atoms with Crippen LogP contribution in [0.15, 0.2) is 48.5 Å². The van der Waals surface area contributed by atoms with E-state index in [2.05, 4.69) is 5.32 Å². The van der Waals surface area contributed by atoms with Crippen LogP contribution in [0.3, 0.4) is 0 Å². The number of carbonyl (C=O) groups excluding carboxylic acids is 2. The Hall–Kier alpha value is -3.22. The molecule has 0 radical (unpaired) electrons. The number of carbonyl (C=O) groups is 2. The second-order valence-electron chi connectivity index (χ2n) is 6.36. The maximum Gasteiger partial charge on any atom is 0.258 e. The molecule has 1 aliphatic rings. The van der Waals surface area contributed by atoms with Crippen molar-refractivity contribution in [2.75, 3.05) is 31.8 Å². The van der Waals surface area contributed by atoms with E-state index < -0.39 is 0 Å². The summed E-state index contributed by atoms with van der Waals surface area (Å²) < 4.78 is 16.0. The Bertz CT molecular complexity index is 805. The van der Waals surface area contributed by atoms with E-state index in [0.29, 0.717) is 18.9 Å². The van der Waals surface area contributed by atoms with Gasteiger partial charge in [-0.15, -0.1) is 0 Å². The summed E-state index contributed by atoms with van der Waals surface area (Å²) in [5.74, 6) is 1.78. The highest BCUT2D eigenvalue weighted by molar-refractivity contribution is 5.97. The van der Waals surface area contributed by atoms with Gasteiger partial charge < -0.3 is 24.4 Å². The average molecular weight is 384 g/mol. The van der Waals surface area contributed by atoms with Gasteiger partial charge in [0.2, 0.25) is 5.91 Å². The quantitative estimate of drug-likeness (QED) is 0.756. The zero-order valence-corrected chi connectivity index (χ0v) is 16.0. The van der Waals surface area contributed by atoms with Crippen molar-refractivity contribution in [3.63, 3.8) is 0 Å². The second kappa shape index (κ2) is 9.12. The molecule has 1 N–H and O–H groups in total. The molecule has 1 saturated heterocycles. The third-order valence-electron chi connectivity index (χ3n) is 4.38. The van der Waals surface area contributed by atoms with E-state index in [1.54, 1.807) is 48.4 Å². The molecule has 28 heavy (non-hydrogen) atoms. The zero-order valence-electron chi connectivity index (χ0n) is 16.0. The molecule has 1 fully saturated rings. The summed E-state index contributed by atoms with van der Waals surface area (Å²) in [5, 5.41) is 2.86. The van der Waals surface area contributed by atoms with E-state index in [0.717, 1.165) is 17.2 Å². The van der Waals surface area contributed by atoms with Crippen molar-refractivity contribution in [2.45, 2.75) is 19.4 Å². The van der Waals surface area contributed by atoms with Gasteiger partial charge in [0.05, 0.1) is 19.8 Å². The molecule has 2 amide bonds. The number of anilines is 1. The summed E-state index contributed by atoms with van der Waals surface area (Å²) >= 11 is 0. The van der Waals surface area contributed by atoms with Crippen LogP contribution in [0.5, 0.6) is 17.2 Å². The average Bonchev–Trinajstić information content (AvgIpc) is 3.07. The minimum atomic E-state index is -0.261. The molecule has 0 bridgehead atoms. The van der Waals surface area contributed by atoms with Crippen molar-refractivity contribution in [1.82, 2.24) is 5.32 Å². The van der Waals surface area contributed by atoms with Gasteiger partial charge >= 0.3 is 0 Å². The Labute approximate surface area is 164 Å². The molecule has 1 atom stereocenters. The lowest BCUT2D eigenvalue weighted by atomic mass is 10.2. The molecule has 2 aromatic rings. The number of hydrogen-bond donors (Lipinski definition) is 1. The number of nitrogens with zero attached hydrogens (tertiary/aromatic N) is 1. The van der Waals surface area contributed by atoms with Crippen molar-refractivity contribution in [1.29, 1.82) is 0 Å². The first-order chi connectivity index (χ1) is 13.6. The monoisotopic (exact) mass is 384 g/mol. The first-order valence-corrected chi connectivity index (χ1v) is 9.18. The number of methoxy groups -OCH3 is 1. The predicted octanol–water partition coefficient (Wildman–Crippen LogP) is 2.39. The number of amides is 2. The fourth-order valence-corrected chi connectivity index (χ4v) is 3.03. The molecule has 0 aromatic heterocycles. The topological polar surface area (TPSA) is 77.1 Å². The summed E-state index contributed by atoms with van der Waals surface area (Å²) in [6.07, 6.45) is 0.265. The van der Waals surface area contributed by atoms with Gasteiger partial charge in [0.25, 0.3) is 5.91 Å². The Morgan fingerprint density at radius 2 is 1.64 bits per heavy atom. The highest BCUT2D eigenvalue weighted by Gasteiger charge is 2.31. The van der Waals surface area contributed by atoms with E-state index in [1.165, 1.54) is 0 Å². The molecule has 148 valence electrons. The summed E-state index contributed by atoms with van der Waals surface area (Å²) in [7, 11) is 1.59. The van der Waals surface area contributed by atoms with E-state index >= 15 is 0 Å². The van der Waals surface area contributed by atoms with Crippen LogP contribution < -0.4 is 24.4 Å². The molecule has 1 aliphatic heterocycles. The molecule has 0 aliphatic carbocycles. The van der Waals surface area contributed by atoms with E-state index in [-0.39, 0.29) is 30.9 Å². The standard InChI is InChI=1S/C21H24N2O5/c1-3-27-18-8-10-19(11-9-18)28-14-20(24)22-15-12-21(25)23(13-15)16-4-6-17(26-2)7-5-16/h4-11,15H,3,12-14H2,1-2H3,(H,22,24)/t15-/m0/s1. The smallest absolute Gasteiger partial charge is 0.258 e. The summed E-state index contributed by atoms with van der Waals surface area (Å²) in [6, 6.07) is 14.1. The highest BCUT2D eigenvalue weighted by Crippen LogP contribution is 2.24. The molecular formula is C21H24N2O5. The lowest BCUT2D eigenvalue weighted by molar-refractivity contribution is -0.123. The van der Waals surface area contributed by atoms with E-state index in [4.69, 9.17) is 14.2 Å². The SMILES string of the molecule is CCOc1ccc(OCC(=O)N[C@H]2CC(=O)N(c3ccc(OC)cc3)C2)cc1. The third-order valence-corrected chi connectivity index (χ3v) is 4.38. The second-order valence-corrected chi connectivity index (χ2v) is 6.36. The minimum Gasteiger partial charge on any atom is -0.497 e. The number of hydrogen-bond acceptors (Lipinski definition) is 5. The lowest BCUT2D eigenvalue weighted by Crippen LogP contribution is -2.39. The van der Waals surface area contributed by atoms with Gasteiger partial charge in [-0.1, -0.05) is 0 Å². The number of nitrogens with one attached hydrogen (secondary N) is 1. The Morgan fingerprint density at radius 3 is 2.25 bits per heavy atom. The van der Waals surface area contributed by atoms with Gasteiger partial charge in [-0.2, -0.15) is 0 Å². The maximum absolute atomic E-state index is 12.3. The van der Waals surface area contributed by atoms with Gasteiger partial charge in [0, 0.05) is 18.7 Å². The van der Waals surface area contributed by atoms with Crippen LogP contribution in [0.4, 0.5) is 5.69 Å². The molecule has 0 spiro atoms. The van der Waals surface area contributed by atoms with Gasteiger partial charge in [-0.25, -0.2) is 0 Å². The molecule has 1 heterocycles. The molecule has 7 nitrogen and oxygen atoms in total.